The third-order valence-electron chi connectivity index (χ3n) is 5.66. The van der Waals surface area contributed by atoms with Gasteiger partial charge in [0.15, 0.2) is 10.8 Å². The Morgan fingerprint density at radius 3 is 2.71 bits per heavy atom. The summed E-state index contributed by atoms with van der Waals surface area (Å²) < 4.78 is 1.70. The zero-order valence-electron chi connectivity index (χ0n) is 19.6. The normalized spacial score (nSPS) is 13.8. The number of anilines is 1. The van der Waals surface area contributed by atoms with Gasteiger partial charge in [-0.25, -0.2) is 9.78 Å². The highest BCUT2D eigenvalue weighted by Crippen LogP contribution is 2.23. The standard InChI is InChI=1S/C23H29N7O3S/c1-15(2)18-14-25-30-19(18)26-22(34-3)27-21(30)24-13-16-8-7-9-17(12-16)20(31)28-33-23(32)29-10-5-4-6-11-29/h7-9,12,14-15H,4-6,10-11,13H2,1-3H3,(H,28,31)(H,24,26,27). The topological polar surface area (TPSA) is 114 Å². The molecule has 1 aromatic carbocycles. The van der Waals surface area contributed by atoms with Gasteiger partial charge in [0.2, 0.25) is 5.95 Å². The maximum Gasteiger partial charge on any atom is 0.434 e. The van der Waals surface area contributed by atoms with Gasteiger partial charge in [-0.05, 0) is 49.1 Å². The number of amides is 2. The number of hydroxylamine groups is 1. The van der Waals surface area contributed by atoms with Crippen LogP contribution in [0.15, 0.2) is 35.6 Å². The molecular weight excluding hydrogens is 454 g/mol. The molecule has 2 aromatic heterocycles. The minimum Gasteiger partial charge on any atom is -0.350 e. The largest absolute Gasteiger partial charge is 0.434 e. The van der Waals surface area contributed by atoms with Crippen LogP contribution in [0.4, 0.5) is 10.7 Å². The average molecular weight is 484 g/mol. The Kier molecular flexibility index (Phi) is 7.51. The fraction of sp³-hybridized carbons (Fsp3) is 0.435. The number of thioether (sulfide) groups is 1. The molecule has 10 nitrogen and oxygen atoms in total. The predicted octanol–water partition coefficient (Wildman–Crippen LogP) is 3.85. The van der Waals surface area contributed by atoms with E-state index in [4.69, 9.17) is 4.84 Å². The Bertz CT molecular complexity index is 1170. The summed E-state index contributed by atoms with van der Waals surface area (Å²) in [4.78, 5) is 40.4. The van der Waals surface area contributed by atoms with E-state index in [9.17, 15) is 9.59 Å². The molecule has 0 spiro atoms. The molecule has 1 aliphatic rings. The van der Waals surface area contributed by atoms with E-state index >= 15 is 0 Å². The maximum atomic E-state index is 12.5. The van der Waals surface area contributed by atoms with Crippen LogP contribution in [0.2, 0.25) is 0 Å². The van der Waals surface area contributed by atoms with Crippen molar-refractivity contribution in [2.45, 2.75) is 50.7 Å². The summed E-state index contributed by atoms with van der Waals surface area (Å²) in [5, 5.41) is 8.41. The van der Waals surface area contributed by atoms with Crippen molar-refractivity contribution in [1.29, 1.82) is 0 Å². The number of benzene rings is 1. The quantitative estimate of drug-likeness (QED) is 0.401. The van der Waals surface area contributed by atoms with Crippen LogP contribution in [0.25, 0.3) is 5.65 Å². The molecule has 11 heteroatoms. The number of piperidine rings is 1. The van der Waals surface area contributed by atoms with Crippen LogP contribution in [-0.4, -0.2) is 55.8 Å². The second kappa shape index (κ2) is 10.7. The smallest absolute Gasteiger partial charge is 0.350 e. The molecule has 4 rings (SSSR count). The summed E-state index contributed by atoms with van der Waals surface area (Å²) >= 11 is 1.47. The Balaban J connectivity index is 1.42. The third-order valence-corrected chi connectivity index (χ3v) is 6.21. The van der Waals surface area contributed by atoms with Crippen molar-refractivity contribution < 1.29 is 14.4 Å². The molecule has 0 atom stereocenters. The highest BCUT2D eigenvalue weighted by molar-refractivity contribution is 7.98. The first kappa shape index (κ1) is 23.8. The molecule has 0 radical (unpaired) electrons. The van der Waals surface area contributed by atoms with Crippen LogP contribution in [0, 0.1) is 0 Å². The maximum absolute atomic E-state index is 12.5. The fourth-order valence-corrected chi connectivity index (χ4v) is 4.14. The van der Waals surface area contributed by atoms with Crippen LogP contribution in [0.5, 0.6) is 0 Å². The van der Waals surface area contributed by atoms with E-state index in [1.807, 2.05) is 18.5 Å². The minimum absolute atomic E-state index is 0.286. The lowest BCUT2D eigenvalue weighted by atomic mass is 10.1. The van der Waals surface area contributed by atoms with E-state index in [0.717, 1.165) is 36.0 Å². The number of aromatic nitrogens is 4. The number of carbonyl (C=O) groups excluding carboxylic acids is 2. The number of nitrogens with one attached hydrogen (secondary N) is 2. The van der Waals surface area contributed by atoms with Gasteiger partial charge in [0.05, 0.1) is 6.20 Å². The van der Waals surface area contributed by atoms with E-state index in [1.54, 1.807) is 27.6 Å². The molecule has 0 aliphatic carbocycles. The van der Waals surface area contributed by atoms with E-state index in [-0.39, 0.29) is 5.92 Å². The molecule has 1 aliphatic heterocycles. The first-order valence-corrected chi connectivity index (χ1v) is 12.6. The molecule has 1 saturated heterocycles. The highest BCUT2D eigenvalue weighted by Gasteiger charge is 2.19. The predicted molar refractivity (Wildman–Crippen MR) is 130 cm³/mol. The van der Waals surface area contributed by atoms with Crippen molar-refractivity contribution in [3.63, 3.8) is 0 Å². The van der Waals surface area contributed by atoms with Crippen molar-refractivity contribution in [1.82, 2.24) is 30.0 Å². The zero-order valence-corrected chi connectivity index (χ0v) is 20.4. The second-order valence-corrected chi connectivity index (χ2v) is 9.20. The molecule has 3 aromatic rings. The van der Waals surface area contributed by atoms with Gasteiger partial charge < -0.3 is 15.1 Å². The van der Waals surface area contributed by atoms with Crippen molar-refractivity contribution in [2.75, 3.05) is 24.7 Å². The summed E-state index contributed by atoms with van der Waals surface area (Å²) in [6, 6.07) is 7.10. The lowest BCUT2D eigenvalue weighted by Crippen LogP contribution is -2.40. The first-order chi connectivity index (χ1) is 16.5. The summed E-state index contributed by atoms with van der Waals surface area (Å²) in [6.07, 6.45) is 6.23. The zero-order chi connectivity index (χ0) is 24.1. The number of rotatable bonds is 6. The molecule has 1 fully saturated rings. The van der Waals surface area contributed by atoms with Gasteiger partial charge in [-0.1, -0.05) is 37.7 Å². The SMILES string of the molecule is CSc1nc(NCc2cccc(C(=O)NOC(=O)N3CCCCC3)c2)n2ncc(C(C)C)c2n1. The van der Waals surface area contributed by atoms with E-state index in [2.05, 4.69) is 39.7 Å². The number of carbonyl (C=O) groups is 2. The van der Waals surface area contributed by atoms with Gasteiger partial charge in [0.1, 0.15) is 0 Å². The Morgan fingerprint density at radius 1 is 1.18 bits per heavy atom. The Hall–Kier alpha value is -3.34. The van der Waals surface area contributed by atoms with Crippen molar-refractivity contribution in [2.24, 2.45) is 0 Å². The van der Waals surface area contributed by atoms with Crippen molar-refractivity contribution in [3.05, 3.63) is 47.2 Å². The highest BCUT2D eigenvalue weighted by atomic mass is 32.2. The lowest BCUT2D eigenvalue weighted by molar-refractivity contribution is 0.0394. The number of hydrogen-bond acceptors (Lipinski definition) is 8. The Labute approximate surface area is 202 Å². The van der Waals surface area contributed by atoms with E-state index in [0.29, 0.717) is 36.3 Å². The number of nitrogens with zero attached hydrogens (tertiary/aromatic N) is 5. The van der Waals surface area contributed by atoms with Gasteiger partial charge in [-0.15, -0.1) is 0 Å². The van der Waals surface area contributed by atoms with E-state index in [1.165, 1.54) is 11.8 Å². The monoisotopic (exact) mass is 483 g/mol. The van der Waals surface area contributed by atoms with Crippen LogP contribution >= 0.6 is 11.8 Å². The lowest BCUT2D eigenvalue weighted by Gasteiger charge is -2.25. The Morgan fingerprint density at radius 2 is 1.97 bits per heavy atom. The number of likely N-dealkylation sites (tertiary alicyclic amines) is 1. The summed E-state index contributed by atoms with van der Waals surface area (Å²) in [7, 11) is 0. The number of fused-ring (bicyclic) bond motifs is 1. The van der Waals surface area contributed by atoms with Gasteiger partial charge in [0.25, 0.3) is 5.91 Å². The molecule has 0 unspecified atom stereocenters. The second-order valence-electron chi connectivity index (χ2n) is 8.42. The van der Waals surface area contributed by atoms with Gasteiger partial charge in [-0.2, -0.15) is 20.1 Å². The molecule has 3 heterocycles. The van der Waals surface area contributed by atoms with Crippen LogP contribution in [-0.2, 0) is 11.4 Å². The molecule has 180 valence electrons. The van der Waals surface area contributed by atoms with Crippen molar-refractivity contribution >= 4 is 35.4 Å². The van der Waals surface area contributed by atoms with Crippen LogP contribution in [0.3, 0.4) is 0 Å². The van der Waals surface area contributed by atoms with Crippen LogP contribution in [0.1, 0.15) is 60.5 Å². The third kappa shape index (κ3) is 5.41. The molecule has 0 bridgehead atoms. The fourth-order valence-electron chi connectivity index (χ4n) is 3.78. The summed E-state index contributed by atoms with van der Waals surface area (Å²) in [6.45, 7) is 5.93. The minimum atomic E-state index is -0.525. The van der Waals surface area contributed by atoms with E-state index < -0.39 is 12.0 Å². The average Bonchev–Trinajstić information content (AvgIpc) is 3.30. The molecular formula is C23H29N7O3S. The molecule has 34 heavy (non-hydrogen) atoms. The van der Waals surface area contributed by atoms with Gasteiger partial charge in [-0.3, -0.25) is 4.79 Å². The molecule has 2 N–H and O–H groups in total. The first-order valence-electron chi connectivity index (χ1n) is 11.3. The van der Waals surface area contributed by atoms with Gasteiger partial charge >= 0.3 is 6.09 Å². The molecule has 0 saturated carbocycles. The summed E-state index contributed by atoms with van der Waals surface area (Å²) in [5.41, 5.74) is 5.35. The van der Waals surface area contributed by atoms with Crippen LogP contribution < -0.4 is 10.8 Å². The van der Waals surface area contributed by atoms with Gasteiger partial charge in [0, 0.05) is 30.8 Å². The van der Waals surface area contributed by atoms with Crippen molar-refractivity contribution in [3.8, 4) is 0 Å². The molecule has 2 amide bonds. The number of hydrogen-bond donors (Lipinski definition) is 2. The summed E-state index contributed by atoms with van der Waals surface area (Å²) in [5.74, 6) is 0.385.